The first-order valence-electron chi connectivity index (χ1n) is 6.06. The monoisotopic (exact) mass is 301 g/mol. The van der Waals surface area contributed by atoms with Crippen LogP contribution in [-0.4, -0.2) is 40.9 Å². The molecular weight excluding hydrogens is 282 g/mol. The van der Waals surface area contributed by atoms with Gasteiger partial charge in [0.2, 0.25) is 5.91 Å². The Bertz CT molecular complexity index is 437. The van der Waals surface area contributed by atoms with E-state index in [4.69, 9.17) is 11.6 Å². The predicted octanol–water partition coefficient (Wildman–Crippen LogP) is 2.80. The third kappa shape index (κ3) is 5.05. The third-order valence-electron chi connectivity index (χ3n) is 3.05. The number of aliphatic hydroxyl groups is 1. The number of aliphatic hydroxyl groups excluding tert-OH is 1. The minimum Gasteiger partial charge on any atom is -0.394 e. The van der Waals surface area contributed by atoms with Crippen LogP contribution in [0.1, 0.15) is 19.4 Å². The molecule has 1 rings (SSSR count). The van der Waals surface area contributed by atoms with Gasteiger partial charge < -0.3 is 10.0 Å². The molecule has 0 unspecified atom stereocenters. The fraction of sp³-hybridized carbons (Fsp3) is 0.500. The van der Waals surface area contributed by atoms with Crippen LogP contribution in [0.2, 0.25) is 5.02 Å². The van der Waals surface area contributed by atoms with Gasteiger partial charge in [0.25, 0.3) is 0 Å². The zero-order valence-corrected chi connectivity index (χ0v) is 13.1. The van der Waals surface area contributed by atoms with Crippen LogP contribution < -0.4 is 0 Å². The Balaban J connectivity index is 2.43. The quantitative estimate of drug-likeness (QED) is 0.878. The van der Waals surface area contributed by atoms with Crippen LogP contribution in [0.25, 0.3) is 0 Å². The van der Waals surface area contributed by atoms with E-state index in [1.54, 1.807) is 23.7 Å². The van der Waals surface area contributed by atoms with Gasteiger partial charge in [0.05, 0.1) is 17.9 Å². The van der Waals surface area contributed by atoms with Crippen LogP contribution >= 0.6 is 23.4 Å². The Morgan fingerprint density at radius 1 is 1.47 bits per heavy atom. The lowest BCUT2D eigenvalue weighted by atomic mass is 10.1. The Hall–Kier alpha value is -0.710. The van der Waals surface area contributed by atoms with E-state index in [0.717, 1.165) is 11.3 Å². The maximum absolute atomic E-state index is 12.0. The number of hydrogen-bond donors (Lipinski definition) is 1. The van der Waals surface area contributed by atoms with Crippen LogP contribution in [0, 0.1) is 0 Å². The first-order valence-corrected chi connectivity index (χ1v) is 7.60. The number of nitrogens with zero attached hydrogens (tertiary/aromatic N) is 1. The largest absolute Gasteiger partial charge is 0.394 e. The summed E-state index contributed by atoms with van der Waals surface area (Å²) >= 11 is 7.45. The number of hydrogen-bond acceptors (Lipinski definition) is 3. The van der Waals surface area contributed by atoms with E-state index in [2.05, 4.69) is 0 Å². The Kier molecular flexibility index (Phi) is 6.17. The molecule has 1 aromatic rings. The third-order valence-corrected chi connectivity index (χ3v) is 4.28. The van der Waals surface area contributed by atoms with Crippen molar-refractivity contribution in [3.8, 4) is 0 Å². The lowest BCUT2D eigenvalue weighted by molar-refractivity contribution is -0.133. The van der Waals surface area contributed by atoms with Gasteiger partial charge in [-0.1, -0.05) is 23.7 Å². The molecule has 0 heterocycles. The maximum Gasteiger partial charge on any atom is 0.232 e. The average molecular weight is 302 g/mol. The second-order valence-electron chi connectivity index (χ2n) is 5.05. The summed E-state index contributed by atoms with van der Waals surface area (Å²) in [5.74, 6) is 1.16. The Morgan fingerprint density at radius 3 is 2.74 bits per heavy atom. The lowest BCUT2D eigenvalue weighted by Gasteiger charge is -2.33. The maximum atomic E-state index is 12.0. The molecule has 106 valence electrons. The number of thioether (sulfide) groups is 1. The van der Waals surface area contributed by atoms with Gasteiger partial charge in [-0.15, -0.1) is 11.8 Å². The molecular formula is C14H20ClNO2S. The van der Waals surface area contributed by atoms with E-state index in [-0.39, 0.29) is 12.5 Å². The molecule has 1 amide bonds. The number of carbonyl (C=O) groups excluding carboxylic acids is 1. The van der Waals surface area contributed by atoms with Crippen LogP contribution in [-0.2, 0) is 10.5 Å². The van der Waals surface area contributed by atoms with Crippen molar-refractivity contribution in [1.29, 1.82) is 0 Å². The second kappa shape index (κ2) is 7.17. The molecule has 0 saturated carbocycles. The van der Waals surface area contributed by atoms with Gasteiger partial charge in [-0.25, -0.2) is 0 Å². The van der Waals surface area contributed by atoms with Crippen molar-refractivity contribution < 1.29 is 9.90 Å². The van der Waals surface area contributed by atoms with Gasteiger partial charge in [-0.2, -0.15) is 0 Å². The normalized spacial score (nSPS) is 11.4. The second-order valence-corrected chi connectivity index (χ2v) is 6.47. The summed E-state index contributed by atoms with van der Waals surface area (Å²) in [5, 5.41) is 9.94. The van der Waals surface area contributed by atoms with Gasteiger partial charge in [-0.05, 0) is 31.5 Å². The molecule has 1 N–H and O–H groups in total. The number of likely N-dealkylation sites (N-methyl/N-ethyl adjacent to an activating group) is 1. The number of rotatable bonds is 6. The molecule has 0 saturated heterocycles. The summed E-state index contributed by atoms with van der Waals surface area (Å²) in [7, 11) is 1.72. The van der Waals surface area contributed by atoms with Crippen molar-refractivity contribution in [2.24, 2.45) is 0 Å². The molecule has 0 radical (unpaired) electrons. The number of amides is 1. The van der Waals surface area contributed by atoms with E-state index >= 15 is 0 Å². The van der Waals surface area contributed by atoms with E-state index in [9.17, 15) is 9.90 Å². The zero-order chi connectivity index (χ0) is 14.5. The van der Waals surface area contributed by atoms with Crippen LogP contribution in [0.4, 0.5) is 0 Å². The van der Waals surface area contributed by atoms with Crippen molar-refractivity contribution >= 4 is 29.3 Å². The fourth-order valence-corrected chi connectivity index (χ4v) is 2.52. The van der Waals surface area contributed by atoms with Crippen molar-refractivity contribution in [3.05, 3.63) is 34.9 Å². The number of carbonyl (C=O) groups is 1. The molecule has 5 heteroatoms. The molecule has 19 heavy (non-hydrogen) atoms. The SMILES string of the molecule is CN(C(=O)CSCc1cccc(Cl)c1)C(C)(C)CO. The topological polar surface area (TPSA) is 40.5 Å². The predicted molar refractivity (Wildman–Crippen MR) is 81.5 cm³/mol. The van der Waals surface area contributed by atoms with E-state index in [1.807, 2.05) is 38.1 Å². The average Bonchev–Trinajstić information content (AvgIpc) is 2.37. The minimum atomic E-state index is -0.520. The summed E-state index contributed by atoms with van der Waals surface area (Å²) in [6.07, 6.45) is 0. The van der Waals surface area contributed by atoms with Gasteiger partial charge in [0.1, 0.15) is 0 Å². The highest BCUT2D eigenvalue weighted by Gasteiger charge is 2.26. The van der Waals surface area contributed by atoms with Gasteiger partial charge in [0.15, 0.2) is 0 Å². The highest BCUT2D eigenvalue weighted by Crippen LogP contribution is 2.18. The first-order chi connectivity index (χ1) is 8.86. The van der Waals surface area contributed by atoms with Crippen molar-refractivity contribution in [2.45, 2.75) is 25.1 Å². The zero-order valence-electron chi connectivity index (χ0n) is 11.5. The first kappa shape index (κ1) is 16.3. The molecule has 0 bridgehead atoms. The van der Waals surface area contributed by atoms with Crippen LogP contribution in [0.15, 0.2) is 24.3 Å². The molecule has 0 atom stereocenters. The summed E-state index contributed by atoms with van der Waals surface area (Å²) in [5.41, 5.74) is 0.586. The van der Waals surface area contributed by atoms with E-state index < -0.39 is 5.54 Å². The molecule has 0 fully saturated rings. The molecule has 0 aliphatic carbocycles. The molecule has 0 spiro atoms. The van der Waals surface area contributed by atoms with E-state index in [1.165, 1.54) is 0 Å². The van der Waals surface area contributed by atoms with Gasteiger partial charge in [0, 0.05) is 17.8 Å². The highest BCUT2D eigenvalue weighted by molar-refractivity contribution is 7.99. The summed E-state index contributed by atoms with van der Waals surface area (Å²) in [4.78, 5) is 13.6. The van der Waals surface area contributed by atoms with Crippen LogP contribution in [0.5, 0.6) is 0 Å². The molecule has 0 aliphatic rings. The van der Waals surface area contributed by atoms with Gasteiger partial charge >= 0.3 is 0 Å². The smallest absolute Gasteiger partial charge is 0.232 e. The Morgan fingerprint density at radius 2 is 2.16 bits per heavy atom. The number of benzene rings is 1. The van der Waals surface area contributed by atoms with Crippen molar-refractivity contribution in [1.82, 2.24) is 4.90 Å². The lowest BCUT2D eigenvalue weighted by Crippen LogP contribution is -2.48. The van der Waals surface area contributed by atoms with Gasteiger partial charge in [-0.3, -0.25) is 4.79 Å². The van der Waals surface area contributed by atoms with E-state index in [0.29, 0.717) is 10.8 Å². The van der Waals surface area contributed by atoms with Crippen molar-refractivity contribution in [2.75, 3.05) is 19.4 Å². The van der Waals surface area contributed by atoms with Crippen LogP contribution in [0.3, 0.4) is 0 Å². The van der Waals surface area contributed by atoms with Crippen molar-refractivity contribution in [3.63, 3.8) is 0 Å². The Labute approximate surface area is 123 Å². The molecule has 1 aromatic carbocycles. The summed E-state index contributed by atoms with van der Waals surface area (Å²) in [6, 6.07) is 7.63. The fourth-order valence-electron chi connectivity index (χ4n) is 1.42. The number of halogens is 1. The molecule has 0 aromatic heterocycles. The highest BCUT2D eigenvalue weighted by atomic mass is 35.5. The summed E-state index contributed by atoms with van der Waals surface area (Å²) < 4.78 is 0. The minimum absolute atomic E-state index is 0.0195. The summed E-state index contributed by atoms with van der Waals surface area (Å²) in [6.45, 7) is 3.63. The molecule has 0 aliphatic heterocycles. The molecule has 3 nitrogen and oxygen atoms in total. The standard InChI is InChI=1S/C14H20ClNO2S/c1-14(2,10-17)16(3)13(18)9-19-8-11-5-4-6-12(15)7-11/h4-7,17H,8-10H2,1-3H3.